The van der Waals surface area contributed by atoms with E-state index >= 15 is 0 Å². The third-order valence-corrected chi connectivity index (χ3v) is 2.80. The van der Waals surface area contributed by atoms with Gasteiger partial charge in [0.05, 0.1) is 0 Å². The average molecular weight is 256 g/mol. The molecule has 0 fully saturated rings. The molecule has 0 aliphatic rings. The van der Waals surface area contributed by atoms with Gasteiger partial charge in [0.25, 0.3) is 0 Å². The molecule has 14 heavy (non-hydrogen) atoms. The van der Waals surface area contributed by atoms with Crippen LogP contribution in [-0.4, -0.2) is 24.8 Å². The fourth-order valence-electron chi connectivity index (χ4n) is 1.27. The molecule has 0 N–H and O–H groups in total. The first kappa shape index (κ1) is 11.4. The van der Waals surface area contributed by atoms with Crippen molar-refractivity contribution in [2.45, 2.75) is 13.0 Å². The first-order chi connectivity index (χ1) is 6.74. The largest absolute Gasteiger partial charge is 0.303 e. The molecule has 0 radical (unpaired) electrons. The Morgan fingerprint density at radius 1 is 1.43 bits per heavy atom. The maximum absolute atomic E-state index is 10.2. The number of hydrogen-bond acceptors (Lipinski definition) is 2. The Bertz CT molecular complexity index is 301. The summed E-state index contributed by atoms with van der Waals surface area (Å²) in [6.07, 6.45) is 1.55. The van der Waals surface area contributed by atoms with E-state index in [0.29, 0.717) is 6.42 Å². The zero-order valence-corrected chi connectivity index (χ0v) is 9.83. The van der Waals surface area contributed by atoms with Gasteiger partial charge in [0.2, 0.25) is 0 Å². The van der Waals surface area contributed by atoms with E-state index in [1.807, 2.05) is 25.2 Å². The summed E-state index contributed by atoms with van der Waals surface area (Å²) in [5.74, 6) is 0. The van der Waals surface area contributed by atoms with Gasteiger partial charge >= 0.3 is 0 Å². The molecule has 0 unspecified atom stereocenters. The summed E-state index contributed by atoms with van der Waals surface area (Å²) in [7, 11) is 2.02. The molecule has 1 aromatic rings. The molecule has 0 amide bonds. The van der Waals surface area contributed by atoms with Crippen LogP contribution in [0.1, 0.15) is 12.0 Å². The molecule has 0 aromatic heterocycles. The summed E-state index contributed by atoms with van der Waals surface area (Å²) in [4.78, 5) is 12.3. The normalized spacial score (nSPS) is 10.5. The lowest BCUT2D eigenvalue weighted by atomic mass is 10.2. The van der Waals surface area contributed by atoms with Crippen molar-refractivity contribution in [1.82, 2.24) is 4.90 Å². The fraction of sp³-hybridized carbons (Fsp3) is 0.364. The average Bonchev–Trinajstić information content (AvgIpc) is 2.18. The van der Waals surface area contributed by atoms with Gasteiger partial charge in [0, 0.05) is 24.0 Å². The van der Waals surface area contributed by atoms with Crippen LogP contribution in [0.4, 0.5) is 0 Å². The highest BCUT2D eigenvalue weighted by Gasteiger charge is 2.02. The minimum absolute atomic E-state index is 0.598. The molecule has 1 aromatic carbocycles. The summed E-state index contributed by atoms with van der Waals surface area (Å²) in [6.45, 7) is 1.68. The van der Waals surface area contributed by atoms with Crippen LogP contribution in [0, 0.1) is 0 Å². The van der Waals surface area contributed by atoms with Crippen LogP contribution in [0.2, 0.25) is 0 Å². The van der Waals surface area contributed by atoms with Crippen LogP contribution in [0.25, 0.3) is 0 Å². The van der Waals surface area contributed by atoms with Crippen molar-refractivity contribution in [3.8, 4) is 0 Å². The quantitative estimate of drug-likeness (QED) is 0.754. The molecule has 76 valence electrons. The van der Waals surface area contributed by atoms with Crippen LogP contribution >= 0.6 is 15.9 Å². The van der Waals surface area contributed by atoms with E-state index in [0.717, 1.165) is 23.8 Å². The Morgan fingerprint density at radius 2 is 2.14 bits per heavy atom. The van der Waals surface area contributed by atoms with E-state index in [1.165, 1.54) is 5.56 Å². The number of halogens is 1. The topological polar surface area (TPSA) is 20.3 Å². The molecular weight excluding hydrogens is 242 g/mol. The first-order valence-electron chi connectivity index (χ1n) is 4.59. The molecule has 1 rings (SSSR count). The second-order valence-electron chi connectivity index (χ2n) is 3.28. The highest BCUT2D eigenvalue weighted by molar-refractivity contribution is 9.10. The van der Waals surface area contributed by atoms with E-state index in [-0.39, 0.29) is 0 Å². The lowest BCUT2D eigenvalue weighted by Gasteiger charge is -2.15. The monoisotopic (exact) mass is 255 g/mol. The molecule has 0 bridgehead atoms. The first-order valence-corrected chi connectivity index (χ1v) is 5.39. The molecule has 3 heteroatoms. The van der Waals surface area contributed by atoms with Gasteiger partial charge in [-0.1, -0.05) is 34.1 Å². The van der Waals surface area contributed by atoms with Gasteiger partial charge in [-0.2, -0.15) is 0 Å². The standard InChI is InChI=1S/C11H14BrNO/c1-13(7-4-8-14)9-10-5-2-3-6-11(10)12/h2-3,5-6,8H,4,7,9H2,1H3. The summed E-state index contributed by atoms with van der Waals surface area (Å²) >= 11 is 3.50. The molecule has 0 spiro atoms. The molecule has 0 aliphatic carbocycles. The van der Waals surface area contributed by atoms with Crippen LogP contribution in [0.3, 0.4) is 0 Å². The second kappa shape index (κ2) is 5.94. The van der Waals surface area contributed by atoms with E-state index < -0.39 is 0 Å². The Morgan fingerprint density at radius 3 is 2.79 bits per heavy atom. The molecule has 0 heterocycles. The van der Waals surface area contributed by atoms with Crippen LogP contribution in [-0.2, 0) is 11.3 Å². The van der Waals surface area contributed by atoms with Crippen molar-refractivity contribution in [3.05, 3.63) is 34.3 Å². The Balaban J connectivity index is 2.51. The number of benzene rings is 1. The van der Waals surface area contributed by atoms with Crippen molar-refractivity contribution < 1.29 is 4.79 Å². The Hall–Kier alpha value is -0.670. The minimum atomic E-state index is 0.598. The van der Waals surface area contributed by atoms with Crippen LogP contribution < -0.4 is 0 Å². The smallest absolute Gasteiger partial charge is 0.121 e. The van der Waals surface area contributed by atoms with Crippen molar-refractivity contribution in [1.29, 1.82) is 0 Å². The van der Waals surface area contributed by atoms with Gasteiger partial charge in [-0.05, 0) is 18.7 Å². The van der Waals surface area contributed by atoms with Crippen molar-refractivity contribution in [2.24, 2.45) is 0 Å². The minimum Gasteiger partial charge on any atom is -0.303 e. The van der Waals surface area contributed by atoms with E-state index in [4.69, 9.17) is 0 Å². The third kappa shape index (κ3) is 3.60. The number of nitrogens with zero attached hydrogens (tertiary/aromatic N) is 1. The molecule has 2 nitrogen and oxygen atoms in total. The maximum atomic E-state index is 10.2. The zero-order chi connectivity index (χ0) is 10.4. The fourth-order valence-corrected chi connectivity index (χ4v) is 1.68. The predicted octanol–water partition coefficient (Wildman–Crippen LogP) is 2.47. The van der Waals surface area contributed by atoms with E-state index in [9.17, 15) is 4.79 Å². The van der Waals surface area contributed by atoms with Gasteiger partial charge in [-0.25, -0.2) is 0 Å². The number of carbonyl (C=O) groups is 1. The SMILES string of the molecule is CN(CCC=O)Cc1ccccc1Br. The van der Waals surface area contributed by atoms with Gasteiger partial charge in [0.1, 0.15) is 6.29 Å². The zero-order valence-electron chi connectivity index (χ0n) is 8.24. The highest BCUT2D eigenvalue weighted by Crippen LogP contribution is 2.17. The maximum Gasteiger partial charge on any atom is 0.121 e. The molecule has 0 atom stereocenters. The lowest BCUT2D eigenvalue weighted by molar-refractivity contribution is -0.108. The van der Waals surface area contributed by atoms with E-state index in [1.54, 1.807) is 0 Å². The summed E-state index contributed by atoms with van der Waals surface area (Å²) in [6, 6.07) is 8.14. The summed E-state index contributed by atoms with van der Waals surface area (Å²) < 4.78 is 1.12. The van der Waals surface area contributed by atoms with Crippen LogP contribution in [0.15, 0.2) is 28.7 Å². The number of carbonyl (C=O) groups excluding carboxylic acids is 1. The van der Waals surface area contributed by atoms with Gasteiger partial charge in [-0.15, -0.1) is 0 Å². The van der Waals surface area contributed by atoms with Gasteiger partial charge in [-0.3, -0.25) is 0 Å². The Labute approximate surface area is 93.0 Å². The molecular formula is C11H14BrNO. The lowest BCUT2D eigenvalue weighted by Crippen LogP contribution is -2.19. The summed E-state index contributed by atoms with van der Waals surface area (Å²) in [5, 5.41) is 0. The predicted molar refractivity (Wildman–Crippen MR) is 61.2 cm³/mol. The molecule has 0 aliphatic heterocycles. The number of aldehydes is 1. The number of hydrogen-bond donors (Lipinski definition) is 0. The van der Waals surface area contributed by atoms with Crippen molar-refractivity contribution in [3.63, 3.8) is 0 Å². The van der Waals surface area contributed by atoms with Crippen molar-refractivity contribution in [2.75, 3.05) is 13.6 Å². The third-order valence-electron chi connectivity index (χ3n) is 2.03. The molecule has 0 saturated carbocycles. The second-order valence-corrected chi connectivity index (χ2v) is 4.14. The number of rotatable bonds is 5. The van der Waals surface area contributed by atoms with Gasteiger partial charge < -0.3 is 9.69 Å². The van der Waals surface area contributed by atoms with E-state index in [2.05, 4.69) is 26.9 Å². The van der Waals surface area contributed by atoms with Crippen molar-refractivity contribution >= 4 is 22.2 Å². The Kier molecular flexibility index (Phi) is 4.84. The van der Waals surface area contributed by atoms with Gasteiger partial charge in [0.15, 0.2) is 0 Å². The molecule has 0 saturated heterocycles. The highest BCUT2D eigenvalue weighted by atomic mass is 79.9. The van der Waals surface area contributed by atoms with Crippen LogP contribution in [0.5, 0.6) is 0 Å². The summed E-state index contributed by atoms with van der Waals surface area (Å²) in [5.41, 5.74) is 1.25.